The van der Waals surface area contributed by atoms with Crippen molar-refractivity contribution in [2.75, 3.05) is 19.0 Å². The summed E-state index contributed by atoms with van der Waals surface area (Å²) in [5, 5.41) is 16.6. The molecule has 0 aliphatic carbocycles. The van der Waals surface area contributed by atoms with Crippen LogP contribution in [0.3, 0.4) is 0 Å². The molecule has 27 heavy (non-hydrogen) atoms. The van der Waals surface area contributed by atoms with Crippen LogP contribution < -0.4 is 5.32 Å². The second-order valence-corrected chi connectivity index (χ2v) is 6.89. The summed E-state index contributed by atoms with van der Waals surface area (Å²) in [6, 6.07) is 13.6. The van der Waals surface area contributed by atoms with Crippen LogP contribution in [0, 0.1) is 0 Å². The number of fused-ring (bicyclic) bond motifs is 1. The minimum atomic E-state index is -0.769. The van der Waals surface area contributed by atoms with E-state index in [1.165, 1.54) is 0 Å². The second kappa shape index (κ2) is 7.87. The molecule has 0 aliphatic heterocycles. The maximum absolute atomic E-state index is 10.3. The maximum Gasteiger partial charge on any atom is 0.158 e. The van der Waals surface area contributed by atoms with E-state index in [1.807, 2.05) is 18.2 Å². The molecule has 0 bridgehead atoms. The molecule has 0 spiro atoms. The third kappa shape index (κ3) is 3.71. The fourth-order valence-corrected chi connectivity index (χ4v) is 3.88. The Kier molecular flexibility index (Phi) is 5.15. The standard InChI is InChI=1S/C20H19N3O3S/c1-25-11-17-22-19(21-10-15(24)16-8-5-9-26-16)18-14(12-27-20(18)23-17)13-6-3-2-4-7-13/h2-9,12,15,24H,10-11H2,1H3,(H,21,22,23). The molecule has 0 radical (unpaired) electrons. The van der Waals surface area contributed by atoms with Crippen LogP contribution >= 0.6 is 11.3 Å². The van der Waals surface area contributed by atoms with Gasteiger partial charge < -0.3 is 19.6 Å². The molecule has 4 aromatic rings. The van der Waals surface area contributed by atoms with Crippen LogP contribution in [0.2, 0.25) is 0 Å². The number of furan rings is 1. The van der Waals surface area contributed by atoms with E-state index >= 15 is 0 Å². The number of hydrogen-bond acceptors (Lipinski definition) is 7. The second-order valence-electron chi connectivity index (χ2n) is 6.03. The highest BCUT2D eigenvalue weighted by Gasteiger charge is 2.17. The molecular formula is C20H19N3O3S. The summed E-state index contributed by atoms with van der Waals surface area (Å²) >= 11 is 1.57. The monoisotopic (exact) mass is 381 g/mol. The van der Waals surface area contributed by atoms with E-state index in [-0.39, 0.29) is 6.54 Å². The van der Waals surface area contributed by atoms with Crippen molar-refractivity contribution < 1.29 is 14.3 Å². The maximum atomic E-state index is 10.3. The van der Waals surface area contributed by atoms with E-state index in [0.717, 1.165) is 21.3 Å². The molecule has 3 aromatic heterocycles. The molecule has 1 aromatic carbocycles. The highest BCUT2D eigenvalue weighted by molar-refractivity contribution is 7.17. The number of aliphatic hydroxyl groups is 1. The van der Waals surface area contributed by atoms with Crippen LogP contribution in [0.1, 0.15) is 17.7 Å². The molecule has 7 heteroatoms. The molecule has 4 rings (SSSR count). The van der Waals surface area contributed by atoms with Crippen LogP contribution in [0.25, 0.3) is 21.3 Å². The first-order chi connectivity index (χ1) is 13.3. The van der Waals surface area contributed by atoms with Gasteiger partial charge in [0.15, 0.2) is 5.82 Å². The Balaban J connectivity index is 1.72. The van der Waals surface area contributed by atoms with E-state index in [0.29, 0.717) is 24.0 Å². The molecule has 1 unspecified atom stereocenters. The Hall–Kier alpha value is -2.74. The number of aromatic nitrogens is 2. The van der Waals surface area contributed by atoms with Crippen molar-refractivity contribution in [2.24, 2.45) is 0 Å². The quantitative estimate of drug-likeness (QED) is 0.498. The van der Waals surface area contributed by atoms with Crippen molar-refractivity contribution in [1.82, 2.24) is 9.97 Å². The first-order valence-corrected chi connectivity index (χ1v) is 9.42. The summed E-state index contributed by atoms with van der Waals surface area (Å²) in [5.41, 5.74) is 2.16. The molecule has 3 heterocycles. The Labute approximate surface area is 160 Å². The third-order valence-corrected chi connectivity index (χ3v) is 5.04. The van der Waals surface area contributed by atoms with Crippen LogP contribution in [0.4, 0.5) is 5.82 Å². The van der Waals surface area contributed by atoms with Crippen molar-refractivity contribution in [2.45, 2.75) is 12.7 Å². The summed E-state index contributed by atoms with van der Waals surface area (Å²) in [7, 11) is 1.62. The number of nitrogens with one attached hydrogen (secondary N) is 1. The average molecular weight is 381 g/mol. The van der Waals surface area contributed by atoms with Crippen LogP contribution in [-0.2, 0) is 11.3 Å². The van der Waals surface area contributed by atoms with Crippen molar-refractivity contribution in [3.05, 3.63) is 65.7 Å². The Bertz CT molecular complexity index is 1020. The van der Waals surface area contributed by atoms with Gasteiger partial charge in [-0.15, -0.1) is 11.3 Å². The number of benzene rings is 1. The van der Waals surface area contributed by atoms with E-state index in [1.54, 1.807) is 36.8 Å². The average Bonchev–Trinajstić information content (AvgIpc) is 3.37. The topological polar surface area (TPSA) is 80.4 Å². The van der Waals surface area contributed by atoms with Crippen molar-refractivity contribution >= 4 is 27.4 Å². The SMILES string of the molecule is COCc1nc(NCC(O)c2ccco2)c2c(-c3ccccc3)csc2n1. The molecule has 0 amide bonds. The van der Waals surface area contributed by atoms with E-state index in [9.17, 15) is 5.11 Å². The Morgan fingerprint density at radius 3 is 2.78 bits per heavy atom. The van der Waals surface area contributed by atoms with Gasteiger partial charge in [0.05, 0.1) is 11.6 Å². The smallest absolute Gasteiger partial charge is 0.158 e. The number of methoxy groups -OCH3 is 1. The lowest BCUT2D eigenvalue weighted by Gasteiger charge is -2.13. The molecule has 0 aliphatic rings. The minimum Gasteiger partial charge on any atom is -0.467 e. The first-order valence-electron chi connectivity index (χ1n) is 8.54. The number of ether oxygens (including phenoxy) is 1. The van der Waals surface area contributed by atoms with Gasteiger partial charge >= 0.3 is 0 Å². The number of aliphatic hydroxyl groups excluding tert-OH is 1. The fraction of sp³-hybridized carbons (Fsp3) is 0.200. The van der Waals surface area contributed by atoms with Gasteiger partial charge in [-0.3, -0.25) is 0 Å². The van der Waals surface area contributed by atoms with Gasteiger partial charge in [0.25, 0.3) is 0 Å². The summed E-state index contributed by atoms with van der Waals surface area (Å²) in [6.45, 7) is 0.597. The molecule has 1 atom stereocenters. The minimum absolute atomic E-state index is 0.274. The summed E-state index contributed by atoms with van der Waals surface area (Å²) in [6.07, 6.45) is 0.777. The lowest BCUT2D eigenvalue weighted by Crippen LogP contribution is -2.13. The summed E-state index contributed by atoms with van der Waals surface area (Å²) in [5.74, 6) is 1.79. The van der Waals surface area contributed by atoms with Crippen LogP contribution in [0.15, 0.2) is 58.5 Å². The van der Waals surface area contributed by atoms with E-state index < -0.39 is 6.10 Å². The lowest BCUT2D eigenvalue weighted by molar-refractivity contribution is 0.162. The normalized spacial score (nSPS) is 12.4. The molecule has 2 N–H and O–H groups in total. The van der Waals surface area contributed by atoms with Gasteiger partial charge in [-0.2, -0.15) is 0 Å². The predicted molar refractivity (Wildman–Crippen MR) is 106 cm³/mol. The molecule has 0 fully saturated rings. The molecular weight excluding hydrogens is 362 g/mol. The first kappa shape index (κ1) is 17.7. The van der Waals surface area contributed by atoms with Gasteiger partial charge in [-0.25, -0.2) is 9.97 Å². The van der Waals surface area contributed by atoms with Crippen molar-refractivity contribution in [3.8, 4) is 11.1 Å². The Morgan fingerprint density at radius 2 is 2.04 bits per heavy atom. The number of nitrogens with zero attached hydrogens (tertiary/aromatic N) is 2. The zero-order chi connectivity index (χ0) is 18.6. The highest BCUT2D eigenvalue weighted by atomic mass is 32.1. The summed E-state index contributed by atoms with van der Waals surface area (Å²) in [4.78, 5) is 10.1. The van der Waals surface area contributed by atoms with Gasteiger partial charge in [-0.05, 0) is 17.7 Å². The van der Waals surface area contributed by atoms with Crippen molar-refractivity contribution in [3.63, 3.8) is 0 Å². The number of rotatable bonds is 7. The predicted octanol–water partition coefficient (Wildman–Crippen LogP) is 4.24. The molecule has 138 valence electrons. The number of thiophene rings is 1. The number of anilines is 1. The zero-order valence-corrected chi connectivity index (χ0v) is 15.6. The molecule has 0 saturated heterocycles. The molecule has 6 nitrogen and oxygen atoms in total. The largest absolute Gasteiger partial charge is 0.467 e. The zero-order valence-electron chi connectivity index (χ0n) is 14.8. The van der Waals surface area contributed by atoms with E-state index in [4.69, 9.17) is 9.15 Å². The van der Waals surface area contributed by atoms with Gasteiger partial charge in [0.1, 0.15) is 29.1 Å². The summed E-state index contributed by atoms with van der Waals surface area (Å²) < 4.78 is 10.5. The van der Waals surface area contributed by atoms with Gasteiger partial charge in [-0.1, -0.05) is 30.3 Å². The highest BCUT2D eigenvalue weighted by Crippen LogP contribution is 2.37. The fourth-order valence-electron chi connectivity index (χ4n) is 2.91. The van der Waals surface area contributed by atoms with Crippen molar-refractivity contribution in [1.29, 1.82) is 0 Å². The van der Waals surface area contributed by atoms with Gasteiger partial charge in [0.2, 0.25) is 0 Å². The van der Waals surface area contributed by atoms with Gasteiger partial charge in [0, 0.05) is 24.6 Å². The number of hydrogen-bond donors (Lipinski definition) is 2. The van der Waals surface area contributed by atoms with Crippen LogP contribution in [0.5, 0.6) is 0 Å². The van der Waals surface area contributed by atoms with E-state index in [2.05, 4.69) is 32.8 Å². The van der Waals surface area contributed by atoms with Crippen LogP contribution in [-0.4, -0.2) is 28.7 Å². The Morgan fingerprint density at radius 1 is 1.19 bits per heavy atom. The lowest BCUT2D eigenvalue weighted by atomic mass is 10.1. The molecule has 0 saturated carbocycles. The third-order valence-electron chi connectivity index (χ3n) is 4.17.